The molecule has 0 bridgehead atoms. The zero-order valence-corrected chi connectivity index (χ0v) is 18.4. The molecule has 1 aliphatic carbocycles. The lowest BCUT2D eigenvalue weighted by molar-refractivity contribution is -0.120. The minimum Gasteiger partial charge on any atom is -0.426 e. The van der Waals surface area contributed by atoms with E-state index in [2.05, 4.69) is 45.7 Å². The van der Waals surface area contributed by atoms with Gasteiger partial charge in [0, 0.05) is 50.7 Å². The van der Waals surface area contributed by atoms with Crippen molar-refractivity contribution in [2.24, 2.45) is 0 Å². The number of benzene rings is 2. The number of ether oxygens (including phenoxy) is 1. The van der Waals surface area contributed by atoms with Crippen LogP contribution in [0.15, 0.2) is 36.4 Å². The number of carbonyl (C=O) groups is 2. The van der Waals surface area contributed by atoms with Crippen LogP contribution in [0.5, 0.6) is 5.75 Å². The van der Waals surface area contributed by atoms with E-state index in [0.29, 0.717) is 17.9 Å². The highest BCUT2D eigenvalue weighted by molar-refractivity contribution is 5.68. The first-order chi connectivity index (χ1) is 15.1. The number of nitrogens with zero attached hydrogens (tertiary/aromatic N) is 2. The van der Waals surface area contributed by atoms with Crippen molar-refractivity contribution in [3.8, 4) is 5.75 Å². The SMILES string of the molecule is CN1CCN(c2ccc3c(c2)CCC3)CC1.CNc1ccc(NCC=O)cc1OC=O. The van der Waals surface area contributed by atoms with E-state index in [-0.39, 0.29) is 6.54 Å². The maximum Gasteiger partial charge on any atom is 0.298 e. The van der Waals surface area contributed by atoms with Gasteiger partial charge in [0.1, 0.15) is 6.29 Å². The van der Waals surface area contributed by atoms with E-state index in [9.17, 15) is 9.59 Å². The number of carbonyl (C=O) groups excluding carboxylic acids is 2. The Bertz CT molecular complexity index is 879. The summed E-state index contributed by atoms with van der Waals surface area (Å²) in [6, 6.07) is 12.3. The third-order valence-electron chi connectivity index (χ3n) is 5.77. The molecule has 1 fully saturated rings. The molecule has 0 saturated carbocycles. The van der Waals surface area contributed by atoms with Gasteiger partial charge in [-0.1, -0.05) is 6.07 Å². The summed E-state index contributed by atoms with van der Waals surface area (Å²) in [5, 5.41) is 5.74. The number of rotatable bonds is 7. The van der Waals surface area contributed by atoms with E-state index >= 15 is 0 Å². The second kappa shape index (κ2) is 11.4. The highest BCUT2D eigenvalue weighted by Gasteiger charge is 2.17. The predicted octanol–water partition coefficient (Wildman–Crippen LogP) is 2.80. The highest BCUT2D eigenvalue weighted by atomic mass is 16.5. The van der Waals surface area contributed by atoms with Crippen molar-refractivity contribution in [2.75, 3.05) is 62.4 Å². The quantitative estimate of drug-likeness (QED) is 0.662. The van der Waals surface area contributed by atoms with E-state index < -0.39 is 0 Å². The Morgan fingerprint density at radius 1 is 1.00 bits per heavy atom. The minimum atomic E-state index is 0.222. The van der Waals surface area contributed by atoms with E-state index in [1.54, 1.807) is 36.4 Å². The number of anilines is 3. The van der Waals surface area contributed by atoms with Gasteiger partial charge in [0.15, 0.2) is 5.75 Å². The lowest BCUT2D eigenvalue weighted by atomic mass is 10.1. The van der Waals surface area contributed by atoms with Crippen LogP contribution in [0.1, 0.15) is 17.5 Å². The largest absolute Gasteiger partial charge is 0.426 e. The number of fused-ring (bicyclic) bond motifs is 1. The zero-order valence-electron chi connectivity index (χ0n) is 18.4. The Balaban J connectivity index is 0.000000176. The molecule has 0 spiro atoms. The van der Waals surface area contributed by atoms with Crippen molar-refractivity contribution in [1.82, 2.24) is 4.90 Å². The number of nitrogens with one attached hydrogen (secondary N) is 2. The average molecular weight is 425 g/mol. The van der Waals surface area contributed by atoms with Gasteiger partial charge in [-0.15, -0.1) is 0 Å². The smallest absolute Gasteiger partial charge is 0.298 e. The molecule has 0 aromatic heterocycles. The molecule has 1 aliphatic heterocycles. The number of likely N-dealkylation sites (N-methyl/N-ethyl adjacent to an activating group) is 1. The van der Waals surface area contributed by atoms with Gasteiger partial charge in [0.25, 0.3) is 6.47 Å². The fourth-order valence-corrected chi connectivity index (χ4v) is 3.97. The second-order valence-corrected chi connectivity index (χ2v) is 7.82. The number of aryl methyl sites for hydroxylation is 2. The summed E-state index contributed by atoms with van der Waals surface area (Å²) < 4.78 is 4.78. The summed E-state index contributed by atoms with van der Waals surface area (Å²) in [6.45, 7) is 5.32. The molecule has 1 heterocycles. The number of hydrogen-bond donors (Lipinski definition) is 2. The van der Waals surface area contributed by atoms with Gasteiger partial charge < -0.3 is 30.0 Å². The summed E-state index contributed by atoms with van der Waals surface area (Å²) in [7, 11) is 3.94. The van der Waals surface area contributed by atoms with Crippen LogP contribution in [-0.4, -0.2) is 64.5 Å². The van der Waals surface area contributed by atoms with Gasteiger partial charge in [-0.3, -0.25) is 4.79 Å². The normalized spacial score (nSPS) is 15.4. The maximum absolute atomic E-state index is 10.2. The average Bonchev–Trinajstić information content (AvgIpc) is 3.27. The van der Waals surface area contributed by atoms with Crippen LogP contribution in [0.3, 0.4) is 0 Å². The van der Waals surface area contributed by atoms with E-state index in [1.807, 2.05) is 0 Å². The molecular weight excluding hydrogens is 392 g/mol. The van der Waals surface area contributed by atoms with Gasteiger partial charge in [-0.2, -0.15) is 0 Å². The highest BCUT2D eigenvalue weighted by Crippen LogP contribution is 2.28. The monoisotopic (exact) mass is 424 g/mol. The molecule has 2 N–H and O–H groups in total. The van der Waals surface area contributed by atoms with Gasteiger partial charge in [0.05, 0.1) is 12.2 Å². The molecule has 2 aromatic carbocycles. The van der Waals surface area contributed by atoms with Crippen molar-refractivity contribution in [1.29, 1.82) is 0 Å². The molecule has 7 heteroatoms. The first kappa shape index (κ1) is 22.6. The Hall–Kier alpha value is -3.06. The van der Waals surface area contributed by atoms with Crippen LogP contribution in [0.25, 0.3) is 0 Å². The predicted molar refractivity (Wildman–Crippen MR) is 125 cm³/mol. The van der Waals surface area contributed by atoms with E-state index in [4.69, 9.17) is 4.74 Å². The fraction of sp³-hybridized carbons (Fsp3) is 0.417. The molecule has 0 amide bonds. The molecule has 0 atom stereocenters. The van der Waals surface area contributed by atoms with Crippen molar-refractivity contribution < 1.29 is 14.3 Å². The van der Waals surface area contributed by atoms with Gasteiger partial charge >= 0.3 is 0 Å². The lowest BCUT2D eigenvalue weighted by Crippen LogP contribution is -2.44. The summed E-state index contributed by atoms with van der Waals surface area (Å²) >= 11 is 0. The van der Waals surface area contributed by atoms with Crippen LogP contribution >= 0.6 is 0 Å². The first-order valence-corrected chi connectivity index (χ1v) is 10.8. The number of piperazine rings is 1. The third-order valence-corrected chi connectivity index (χ3v) is 5.77. The maximum atomic E-state index is 10.2. The van der Waals surface area contributed by atoms with Crippen LogP contribution in [0, 0.1) is 0 Å². The fourth-order valence-electron chi connectivity index (χ4n) is 3.97. The molecule has 31 heavy (non-hydrogen) atoms. The van der Waals surface area contributed by atoms with Gasteiger partial charge in [-0.25, -0.2) is 0 Å². The molecular formula is C24H32N4O3. The molecule has 7 nitrogen and oxygen atoms in total. The van der Waals surface area contributed by atoms with Crippen molar-refractivity contribution in [3.63, 3.8) is 0 Å². The van der Waals surface area contributed by atoms with Crippen molar-refractivity contribution in [2.45, 2.75) is 19.3 Å². The Morgan fingerprint density at radius 3 is 2.48 bits per heavy atom. The lowest BCUT2D eigenvalue weighted by Gasteiger charge is -2.34. The molecule has 4 rings (SSSR count). The van der Waals surface area contributed by atoms with Gasteiger partial charge in [-0.05, 0) is 61.7 Å². The molecule has 1 saturated heterocycles. The van der Waals surface area contributed by atoms with Crippen LogP contribution < -0.4 is 20.3 Å². The number of hydrogen-bond acceptors (Lipinski definition) is 7. The van der Waals surface area contributed by atoms with Crippen LogP contribution in [-0.2, 0) is 22.4 Å². The summed E-state index contributed by atoms with van der Waals surface area (Å²) in [5.74, 6) is 0.420. The van der Waals surface area contributed by atoms with Gasteiger partial charge in [0.2, 0.25) is 0 Å². The van der Waals surface area contributed by atoms with Crippen molar-refractivity contribution in [3.05, 3.63) is 47.5 Å². The Morgan fingerprint density at radius 2 is 1.77 bits per heavy atom. The minimum absolute atomic E-state index is 0.222. The Kier molecular flexibility index (Phi) is 8.29. The van der Waals surface area contributed by atoms with Crippen molar-refractivity contribution >= 4 is 29.8 Å². The third kappa shape index (κ3) is 6.21. The molecule has 2 aliphatic rings. The zero-order chi connectivity index (χ0) is 22.1. The summed E-state index contributed by atoms with van der Waals surface area (Å²) in [5.41, 5.74) is 6.04. The van der Waals surface area contributed by atoms with E-state index in [1.165, 1.54) is 51.1 Å². The second-order valence-electron chi connectivity index (χ2n) is 7.82. The summed E-state index contributed by atoms with van der Waals surface area (Å²) in [4.78, 5) is 25.3. The standard InChI is InChI=1S/C14H20N2.C10H12N2O3/c1-15-7-9-16(10-8-15)14-6-5-12-3-2-4-13(12)11-14;1-11-9-3-2-8(12-4-5-13)6-10(9)15-7-14/h5-6,11H,2-4,7-10H2,1H3;2-3,5-7,11-12H,4H2,1H3. The molecule has 166 valence electrons. The molecule has 0 radical (unpaired) electrons. The van der Waals surface area contributed by atoms with Crippen LogP contribution in [0.2, 0.25) is 0 Å². The summed E-state index contributed by atoms with van der Waals surface area (Å²) in [6.07, 6.45) is 4.68. The molecule has 2 aromatic rings. The van der Waals surface area contributed by atoms with Crippen LogP contribution in [0.4, 0.5) is 17.1 Å². The Labute approximate surface area is 184 Å². The molecule has 0 unspecified atom stereocenters. The van der Waals surface area contributed by atoms with E-state index in [0.717, 1.165) is 12.0 Å². The first-order valence-electron chi connectivity index (χ1n) is 10.8. The number of aldehydes is 1. The topological polar surface area (TPSA) is 73.9 Å².